The third kappa shape index (κ3) is 12.8. The molecule has 0 atom stereocenters. The summed E-state index contributed by atoms with van der Waals surface area (Å²) < 4.78 is 0. The Balaban J connectivity index is 0. The zero-order chi connectivity index (χ0) is 16.7. The molecule has 23 heavy (non-hydrogen) atoms. The van der Waals surface area contributed by atoms with Crippen LogP contribution in [0.1, 0.15) is 117 Å². The van der Waals surface area contributed by atoms with Crippen molar-refractivity contribution in [1.82, 2.24) is 0 Å². The van der Waals surface area contributed by atoms with Crippen LogP contribution in [-0.4, -0.2) is 11.1 Å². The topological polar surface area (TPSA) is 37.3 Å². The summed E-state index contributed by atoms with van der Waals surface area (Å²) in [6.45, 7) is 6.62. The molecule has 0 aromatic carbocycles. The molecule has 1 N–H and O–H groups in total. The fourth-order valence-corrected chi connectivity index (χ4v) is 3.37. The third-order valence-corrected chi connectivity index (χ3v) is 4.98. The van der Waals surface area contributed by atoms with Gasteiger partial charge < -0.3 is 5.11 Å². The van der Waals surface area contributed by atoms with Crippen LogP contribution in [0.15, 0.2) is 0 Å². The third-order valence-electron chi connectivity index (χ3n) is 4.98. The number of carboxylic acid groups (broad SMARTS) is 1. The molecule has 3 heteroatoms. The van der Waals surface area contributed by atoms with E-state index in [1.807, 2.05) is 0 Å². The molecule has 0 fully saturated rings. The minimum absolute atomic E-state index is 0. The monoisotopic (exact) mass is 454 g/mol. The zero-order valence-corrected chi connectivity index (χ0v) is 19.2. The van der Waals surface area contributed by atoms with Crippen molar-refractivity contribution in [2.24, 2.45) is 5.41 Å². The van der Waals surface area contributed by atoms with Gasteiger partial charge in [-0.2, -0.15) is 0 Å². The Morgan fingerprint density at radius 1 is 0.652 bits per heavy atom. The van der Waals surface area contributed by atoms with Crippen molar-refractivity contribution in [2.45, 2.75) is 117 Å². The minimum atomic E-state index is -0.531. The van der Waals surface area contributed by atoms with Gasteiger partial charge in [-0.15, -0.1) is 0 Å². The Hall–Kier alpha value is 0.821. The molecule has 0 aliphatic carbocycles. The average Bonchev–Trinajstić information content (AvgIpc) is 2.51. The molecule has 0 radical (unpaired) electrons. The van der Waals surface area contributed by atoms with E-state index in [2.05, 4.69) is 20.8 Å². The Bertz CT molecular complexity index is 235. The standard InChI is InChI=1S/C20H40O2.Nd/c1-4-7-10-13-16-20(19(21)22,17-14-11-8-5-2)18-15-12-9-6-3;/h4-18H2,1-3H3,(H,21,22);. The van der Waals surface area contributed by atoms with Crippen molar-refractivity contribution >= 4 is 5.97 Å². The van der Waals surface area contributed by atoms with Crippen molar-refractivity contribution < 1.29 is 50.7 Å². The van der Waals surface area contributed by atoms with Gasteiger partial charge in [0, 0.05) is 40.8 Å². The normalized spacial score (nSPS) is 11.3. The number of hydrogen-bond donors (Lipinski definition) is 1. The molecule has 0 spiro atoms. The SMILES string of the molecule is CCCCCCC(CCCCCC)(CCCCCC)C(=O)O.[Nd]. The van der Waals surface area contributed by atoms with E-state index in [1.54, 1.807) is 0 Å². The summed E-state index contributed by atoms with van der Waals surface area (Å²) in [4.78, 5) is 12.0. The van der Waals surface area contributed by atoms with E-state index >= 15 is 0 Å². The van der Waals surface area contributed by atoms with Crippen molar-refractivity contribution in [1.29, 1.82) is 0 Å². The molecule has 0 amide bonds. The fraction of sp³-hybridized carbons (Fsp3) is 0.950. The summed E-state index contributed by atoms with van der Waals surface area (Å²) in [7, 11) is 0. The van der Waals surface area contributed by atoms with Crippen molar-refractivity contribution in [3.8, 4) is 0 Å². The van der Waals surface area contributed by atoms with E-state index in [-0.39, 0.29) is 40.8 Å². The summed E-state index contributed by atoms with van der Waals surface area (Å²) in [5.74, 6) is -0.531. The number of carbonyl (C=O) groups is 1. The maximum atomic E-state index is 12.0. The van der Waals surface area contributed by atoms with Gasteiger partial charge in [0.2, 0.25) is 0 Å². The van der Waals surface area contributed by atoms with Gasteiger partial charge in [-0.25, -0.2) is 0 Å². The second-order valence-electron chi connectivity index (χ2n) is 7.02. The van der Waals surface area contributed by atoms with Crippen LogP contribution in [0, 0.1) is 46.3 Å². The van der Waals surface area contributed by atoms with Crippen LogP contribution in [0.5, 0.6) is 0 Å². The first-order chi connectivity index (χ1) is 10.6. The minimum Gasteiger partial charge on any atom is -0.481 e. The Morgan fingerprint density at radius 2 is 0.957 bits per heavy atom. The Morgan fingerprint density at radius 3 is 1.17 bits per heavy atom. The smallest absolute Gasteiger partial charge is 0.309 e. The molecule has 0 aromatic heterocycles. The van der Waals surface area contributed by atoms with E-state index in [1.165, 1.54) is 57.8 Å². The molecule has 136 valence electrons. The number of unbranched alkanes of at least 4 members (excludes halogenated alkanes) is 9. The van der Waals surface area contributed by atoms with Gasteiger partial charge >= 0.3 is 5.97 Å². The maximum Gasteiger partial charge on any atom is 0.309 e. The Kier molecular flexibility index (Phi) is 20.0. The van der Waals surface area contributed by atoms with Gasteiger partial charge in [-0.3, -0.25) is 4.79 Å². The van der Waals surface area contributed by atoms with Crippen molar-refractivity contribution in [3.05, 3.63) is 0 Å². The molecular formula is C20H40NdO2. The predicted molar refractivity (Wildman–Crippen MR) is 96.3 cm³/mol. The summed E-state index contributed by atoms with van der Waals surface area (Å²) in [6.07, 6.45) is 16.9. The van der Waals surface area contributed by atoms with Gasteiger partial charge in [0.25, 0.3) is 0 Å². The van der Waals surface area contributed by atoms with Crippen LogP contribution in [0.3, 0.4) is 0 Å². The molecule has 2 nitrogen and oxygen atoms in total. The van der Waals surface area contributed by atoms with E-state index in [0.29, 0.717) is 0 Å². The molecule has 0 aliphatic heterocycles. The summed E-state index contributed by atoms with van der Waals surface area (Å²) in [5, 5.41) is 9.89. The van der Waals surface area contributed by atoms with Crippen molar-refractivity contribution in [2.75, 3.05) is 0 Å². The van der Waals surface area contributed by atoms with Gasteiger partial charge in [0.15, 0.2) is 0 Å². The average molecular weight is 457 g/mol. The number of aliphatic carboxylic acids is 1. The quantitative estimate of drug-likeness (QED) is 0.255. The number of rotatable bonds is 16. The second kappa shape index (κ2) is 17.6. The molecule has 0 bridgehead atoms. The first-order valence-electron chi connectivity index (χ1n) is 9.86. The van der Waals surface area contributed by atoms with Gasteiger partial charge in [-0.05, 0) is 19.3 Å². The summed E-state index contributed by atoms with van der Waals surface area (Å²) in [5.41, 5.74) is -0.435. The molecule has 0 aromatic rings. The number of carboxylic acids is 1. The van der Waals surface area contributed by atoms with Crippen LogP contribution in [-0.2, 0) is 4.79 Å². The van der Waals surface area contributed by atoms with Crippen LogP contribution >= 0.6 is 0 Å². The van der Waals surface area contributed by atoms with E-state index in [0.717, 1.165) is 38.5 Å². The van der Waals surface area contributed by atoms with Gasteiger partial charge in [0.05, 0.1) is 5.41 Å². The van der Waals surface area contributed by atoms with E-state index < -0.39 is 11.4 Å². The number of hydrogen-bond acceptors (Lipinski definition) is 1. The van der Waals surface area contributed by atoms with E-state index in [4.69, 9.17) is 0 Å². The van der Waals surface area contributed by atoms with Crippen molar-refractivity contribution in [3.63, 3.8) is 0 Å². The van der Waals surface area contributed by atoms with Crippen LogP contribution < -0.4 is 0 Å². The summed E-state index contributed by atoms with van der Waals surface area (Å²) in [6, 6.07) is 0. The van der Waals surface area contributed by atoms with Gasteiger partial charge in [0.1, 0.15) is 0 Å². The first kappa shape index (κ1) is 26.1. The molecule has 0 saturated heterocycles. The predicted octanol–water partition coefficient (Wildman–Crippen LogP) is 6.97. The fourth-order valence-electron chi connectivity index (χ4n) is 3.37. The van der Waals surface area contributed by atoms with E-state index in [9.17, 15) is 9.90 Å². The largest absolute Gasteiger partial charge is 0.481 e. The molecular weight excluding hydrogens is 416 g/mol. The first-order valence-corrected chi connectivity index (χ1v) is 9.86. The molecule has 0 rings (SSSR count). The molecule has 0 unspecified atom stereocenters. The summed E-state index contributed by atoms with van der Waals surface area (Å²) >= 11 is 0. The van der Waals surface area contributed by atoms with Crippen LogP contribution in [0.25, 0.3) is 0 Å². The molecule has 0 aliphatic rings. The van der Waals surface area contributed by atoms with Gasteiger partial charge in [-0.1, -0.05) is 97.8 Å². The maximum absolute atomic E-state index is 12.0. The van der Waals surface area contributed by atoms with Crippen LogP contribution in [0.4, 0.5) is 0 Å². The molecule has 0 saturated carbocycles. The molecule has 0 heterocycles. The Labute approximate surface area is 178 Å². The second-order valence-corrected chi connectivity index (χ2v) is 7.02. The van der Waals surface area contributed by atoms with Crippen LogP contribution in [0.2, 0.25) is 0 Å². The zero-order valence-electron chi connectivity index (χ0n) is 16.0.